The predicted molar refractivity (Wildman–Crippen MR) is 54.2 cm³/mol. The van der Waals surface area contributed by atoms with Gasteiger partial charge in [0.2, 0.25) is 0 Å². The van der Waals surface area contributed by atoms with Crippen molar-refractivity contribution in [2.45, 2.75) is 11.3 Å². The van der Waals surface area contributed by atoms with Gasteiger partial charge < -0.3 is 5.32 Å². The lowest BCUT2D eigenvalue weighted by Gasteiger charge is -1.95. The molecule has 0 amide bonds. The highest BCUT2D eigenvalue weighted by Gasteiger charge is 2.13. The van der Waals surface area contributed by atoms with Gasteiger partial charge in [-0.05, 0) is 18.2 Å². The summed E-state index contributed by atoms with van der Waals surface area (Å²) in [5.74, 6) is 0. The van der Waals surface area contributed by atoms with Crippen molar-refractivity contribution in [3.63, 3.8) is 0 Å². The molecule has 1 aliphatic heterocycles. The summed E-state index contributed by atoms with van der Waals surface area (Å²) in [6.07, 6.45) is 2.37. The average Bonchev–Trinajstić information content (AvgIpc) is 2.57. The number of para-hydroxylation sites is 1. The molecule has 0 aromatic heterocycles. The van der Waals surface area contributed by atoms with Crippen molar-refractivity contribution in [2.24, 2.45) is 0 Å². The lowest BCUT2D eigenvalue weighted by Crippen LogP contribution is -1.87. The summed E-state index contributed by atoms with van der Waals surface area (Å²) in [6.45, 7) is 0. The van der Waals surface area contributed by atoms with Crippen molar-refractivity contribution in [3.8, 4) is 6.07 Å². The third kappa shape index (κ3) is 1.68. The summed E-state index contributed by atoms with van der Waals surface area (Å²) in [5, 5.41) is 12.7. The second-order valence-corrected chi connectivity index (χ2v) is 3.74. The number of anilines is 1. The summed E-state index contributed by atoms with van der Waals surface area (Å²) in [7, 11) is 0. The lowest BCUT2D eigenvalue weighted by molar-refractivity contribution is 1.34. The third-order valence-electron chi connectivity index (χ3n) is 1.74. The Morgan fingerprint density at radius 2 is 2.31 bits per heavy atom. The van der Waals surface area contributed by atoms with Crippen LogP contribution >= 0.6 is 11.8 Å². The fraction of sp³-hybridized carbons (Fsp3) is 0.100. The Hall–Kier alpha value is -1.40. The molecule has 0 fully saturated rings. The SMILES string of the molecule is N#CCC=C1Nc2ccccc2S1. The van der Waals surface area contributed by atoms with Gasteiger partial charge in [-0.1, -0.05) is 23.9 Å². The van der Waals surface area contributed by atoms with Crippen LogP contribution in [0.1, 0.15) is 6.42 Å². The highest BCUT2D eigenvalue weighted by molar-refractivity contribution is 8.03. The first-order valence-electron chi connectivity index (χ1n) is 4.01. The number of nitrogens with one attached hydrogen (secondary N) is 1. The quantitative estimate of drug-likeness (QED) is 0.736. The van der Waals surface area contributed by atoms with Crippen molar-refractivity contribution in [2.75, 3.05) is 5.32 Å². The number of rotatable bonds is 1. The monoisotopic (exact) mass is 188 g/mol. The Balaban J connectivity index is 2.19. The maximum Gasteiger partial charge on any atom is 0.0744 e. The number of thioether (sulfide) groups is 1. The largest absolute Gasteiger partial charge is 0.349 e. The molecule has 1 aromatic carbocycles. The molecule has 0 spiro atoms. The van der Waals surface area contributed by atoms with E-state index < -0.39 is 0 Å². The first kappa shape index (κ1) is 8.21. The van der Waals surface area contributed by atoms with Gasteiger partial charge in [-0.2, -0.15) is 5.26 Å². The second kappa shape index (κ2) is 3.55. The molecule has 0 saturated carbocycles. The van der Waals surface area contributed by atoms with E-state index >= 15 is 0 Å². The van der Waals surface area contributed by atoms with Crippen LogP contribution < -0.4 is 5.32 Å². The van der Waals surface area contributed by atoms with Crippen molar-refractivity contribution < 1.29 is 0 Å². The van der Waals surface area contributed by atoms with E-state index in [1.165, 1.54) is 4.90 Å². The molecule has 1 heterocycles. The molecule has 3 heteroatoms. The fourth-order valence-electron chi connectivity index (χ4n) is 1.17. The third-order valence-corrected chi connectivity index (χ3v) is 2.81. The van der Waals surface area contributed by atoms with Gasteiger partial charge in [0, 0.05) is 4.90 Å². The van der Waals surface area contributed by atoms with Gasteiger partial charge in [0.15, 0.2) is 0 Å². The van der Waals surface area contributed by atoms with E-state index in [2.05, 4.69) is 17.5 Å². The highest BCUT2D eigenvalue weighted by Crippen LogP contribution is 2.40. The van der Waals surface area contributed by atoms with Gasteiger partial charge in [0.25, 0.3) is 0 Å². The Morgan fingerprint density at radius 1 is 1.46 bits per heavy atom. The van der Waals surface area contributed by atoms with Crippen molar-refractivity contribution in [3.05, 3.63) is 35.4 Å². The number of benzene rings is 1. The summed E-state index contributed by atoms with van der Waals surface area (Å²) in [5.41, 5.74) is 1.14. The normalized spacial score (nSPS) is 16.4. The summed E-state index contributed by atoms with van der Waals surface area (Å²) in [4.78, 5) is 1.23. The van der Waals surface area contributed by atoms with Crippen LogP contribution in [0.2, 0.25) is 0 Å². The van der Waals surface area contributed by atoms with Crippen LogP contribution in [-0.2, 0) is 0 Å². The molecule has 1 N–H and O–H groups in total. The van der Waals surface area contributed by atoms with Crippen LogP contribution in [0, 0.1) is 11.3 Å². The van der Waals surface area contributed by atoms with E-state index in [0.717, 1.165) is 10.7 Å². The minimum Gasteiger partial charge on any atom is -0.349 e. The number of fused-ring (bicyclic) bond motifs is 1. The minimum atomic E-state index is 0.462. The number of allylic oxidation sites excluding steroid dienone is 1. The zero-order valence-corrected chi connectivity index (χ0v) is 7.77. The van der Waals surface area contributed by atoms with Crippen LogP contribution in [0.3, 0.4) is 0 Å². The Kier molecular flexibility index (Phi) is 2.24. The fourth-order valence-corrected chi connectivity index (χ4v) is 2.11. The van der Waals surface area contributed by atoms with Gasteiger partial charge in [-0.15, -0.1) is 0 Å². The molecule has 2 rings (SSSR count). The topological polar surface area (TPSA) is 35.8 Å². The summed E-state index contributed by atoms with van der Waals surface area (Å²) < 4.78 is 0. The lowest BCUT2D eigenvalue weighted by atomic mass is 10.3. The maximum absolute atomic E-state index is 8.41. The standard InChI is InChI=1S/C10H8N2S/c11-7-3-6-10-12-8-4-1-2-5-9(8)13-10/h1-2,4-6,12H,3H2. The van der Waals surface area contributed by atoms with Crippen LogP contribution in [0.4, 0.5) is 5.69 Å². The predicted octanol–water partition coefficient (Wildman–Crippen LogP) is 2.96. The first-order chi connectivity index (χ1) is 6.40. The molecule has 0 radical (unpaired) electrons. The molecule has 13 heavy (non-hydrogen) atoms. The van der Waals surface area contributed by atoms with E-state index in [0.29, 0.717) is 6.42 Å². The minimum absolute atomic E-state index is 0.462. The zero-order valence-electron chi connectivity index (χ0n) is 6.95. The summed E-state index contributed by atoms with van der Waals surface area (Å²) in [6, 6.07) is 10.2. The molecule has 0 atom stereocenters. The van der Waals surface area contributed by atoms with E-state index in [-0.39, 0.29) is 0 Å². The van der Waals surface area contributed by atoms with Gasteiger partial charge >= 0.3 is 0 Å². The van der Waals surface area contributed by atoms with Gasteiger partial charge in [-0.25, -0.2) is 0 Å². The number of hydrogen-bond donors (Lipinski definition) is 1. The van der Waals surface area contributed by atoms with Crippen molar-refractivity contribution in [1.29, 1.82) is 5.26 Å². The van der Waals surface area contributed by atoms with Crippen molar-refractivity contribution in [1.82, 2.24) is 0 Å². The first-order valence-corrected chi connectivity index (χ1v) is 4.83. The molecular formula is C10H8N2S. The van der Waals surface area contributed by atoms with Crippen LogP contribution in [0.15, 0.2) is 40.3 Å². The Labute approximate surface area is 81.3 Å². The number of hydrogen-bond acceptors (Lipinski definition) is 3. The van der Waals surface area contributed by atoms with E-state index in [9.17, 15) is 0 Å². The van der Waals surface area contributed by atoms with Crippen LogP contribution in [0.5, 0.6) is 0 Å². The molecule has 1 aliphatic rings. The molecule has 0 bridgehead atoms. The average molecular weight is 188 g/mol. The smallest absolute Gasteiger partial charge is 0.0744 e. The Bertz CT molecular complexity index is 363. The molecule has 1 aromatic rings. The molecule has 0 saturated heterocycles. The molecule has 0 unspecified atom stereocenters. The maximum atomic E-state index is 8.41. The molecule has 2 nitrogen and oxygen atoms in total. The Morgan fingerprint density at radius 3 is 3.08 bits per heavy atom. The zero-order chi connectivity index (χ0) is 9.10. The van der Waals surface area contributed by atoms with Crippen LogP contribution in [0.25, 0.3) is 0 Å². The van der Waals surface area contributed by atoms with Gasteiger partial charge in [-0.3, -0.25) is 0 Å². The van der Waals surface area contributed by atoms with E-state index in [1.807, 2.05) is 24.3 Å². The molecular weight excluding hydrogens is 180 g/mol. The van der Waals surface area contributed by atoms with Crippen molar-refractivity contribution >= 4 is 17.4 Å². The van der Waals surface area contributed by atoms with Crippen LogP contribution in [-0.4, -0.2) is 0 Å². The van der Waals surface area contributed by atoms with E-state index in [4.69, 9.17) is 5.26 Å². The van der Waals surface area contributed by atoms with Gasteiger partial charge in [0.05, 0.1) is 23.2 Å². The van der Waals surface area contributed by atoms with Gasteiger partial charge in [0.1, 0.15) is 0 Å². The highest BCUT2D eigenvalue weighted by atomic mass is 32.2. The number of nitriles is 1. The summed E-state index contributed by atoms with van der Waals surface area (Å²) >= 11 is 1.67. The molecule has 64 valence electrons. The number of nitrogens with zero attached hydrogens (tertiary/aromatic N) is 1. The van der Waals surface area contributed by atoms with E-state index in [1.54, 1.807) is 11.8 Å². The molecule has 0 aliphatic carbocycles. The second-order valence-electron chi connectivity index (χ2n) is 2.65.